The summed E-state index contributed by atoms with van der Waals surface area (Å²) in [5, 5.41) is 6.43. The van der Waals surface area contributed by atoms with Gasteiger partial charge in [0, 0.05) is 26.1 Å². The Morgan fingerprint density at radius 1 is 1.19 bits per heavy atom. The molecule has 1 fully saturated rings. The van der Waals surface area contributed by atoms with Gasteiger partial charge in [-0.2, -0.15) is 0 Å². The van der Waals surface area contributed by atoms with Crippen LogP contribution in [-0.2, 0) is 11.2 Å². The van der Waals surface area contributed by atoms with E-state index < -0.39 is 0 Å². The topological polar surface area (TPSA) is 59.1 Å². The Morgan fingerprint density at radius 2 is 1.95 bits per heavy atom. The lowest BCUT2D eigenvalue weighted by Gasteiger charge is -2.22. The SMILES string of the molecule is CCCc1nc(NC)cc(NCCOC2CCCCC2)n1. The molecule has 1 aromatic heterocycles. The first kappa shape index (κ1) is 16.0. The van der Waals surface area contributed by atoms with Gasteiger partial charge in [0.15, 0.2) is 0 Å². The molecule has 118 valence electrons. The van der Waals surface area contributed by atoms with Crippen LogP contribution in [0.2, 0.25) is 0 Å². The summed E-state index contributed by atoms with van der Waals surface area (Å²) in [5.74, 6) is 2.63. The van der Waals surface area contributed by atoms with Crippen LogP contribution >= 0.6 is 0 Å². The van der Waals surface area contributed by atoms with E-state index in [1.54, 1.807) is 0 Å². The molecule has 1 aliphatic carbocycles. The van der Waals surface area contributed by atoms with Crippen LogP contribution in [0.3, 0.4) is 0 Å². The molecule has 0 saturated heterocycles. The van der Waals surface area contributed by atoms with Crippen molar-refractivity contribution in [2.45, 2.75) is 58.0 Å². The monoisotopic (exact) mass is 292 g/mol. The van der Waals surface area contributed by atoms with E-state index in [1.165, 1.54) is 32.1 Å². The van der Waals surface area contributed by atoms with Crippen LogP contribution in [0.1, 0.15) is 51.3 Å². The van der Waals surface area contributed by atoms with E-state index in [0.29, 0.717) is 6.10 Å². The first-order chi connectivity index (χ1) is 10.3. The van der Waals surface area contributed by atoms with Crippen LogP contribution in [0.5, 0.6) is 0 Å². The second-order valence-electron chi connectivity index (χ2n) is 5.61. The lowest BCUT2D eigenvalue weighted by Crippen LogP contribution is -2.21. The third-order valence-electron chi connectivity index (χ3n) is 3.82. The Kier molecular flexibility index (Phi) is 6.73. The predicted molar refractivity (Wildman–Crippen MR) is 86.9 cm³/mol. The van der Waals surface area contributed by atoms with Crippen LogP contribution in [0.15, 0.2) is 6.07 Å². The van der Waals surface area contributed by atoms with E-state index in [9.17, 15) is 0 Å². The van der Waals surface area contributed by atoms with Gasteiger partial charge >= 0.3 is 0 Å². The summed E-state index contributed by atoms with van der Waals surface area (Å²) in [7, 11) is 1.88. The third kappa shape index (κ3) is 5.50. The number of ether oxygens (including phenoxy) is 1. The minimum Gasteiger partial charge on any atom is -0.376 e. The molecule has 0 amide bonds. The van der Waals surface area contributed by atoms with Crippen LogP contribution in [-0.4, -0.2) is 36.3 Å². The van der Waals surface area contributed by atoms with E-state index in [0.717, 1.165) is 43.5 Å². The standard InChI is InChI=1S/C16H28N4O/c1-3-7-14-19-15(17-2)12-16(20-14)18-10-11-21-13-8-5-4-6-9-13/h12-13H,3-11H2,1-2H3,(H2,17,18,19,20). The zero-order valence-corrected chi connectivity index (χ0v) is 13.3. The number of anilines is 2. The first-order valence-corrected chi connectivity index (χ1v) is 8.23. The van der Waals surface area contributed by atoms with Crippen molar-refractivity contribution in [3.63, 3.8) is 0 Å². The highest BCUT2D eigenvalue weighted by molar-refractivity contribution is 5.47. The molecule has 21 heavy (non-hydrogen) atoms. The van der Waals surface area contributed by atoms with Crippen molar-refractivity contribution < 1.29 is 4.74 Å². The van der Waals surface area contributed by atoms with Gasteiger partial charge < -0.3 is 15.4 Å². The molecule has 0 aliphatic heterocycles. The molecular weight excluding hydrogens is 264 g/mol. The largest absolute Gasteiger partial charge is 0.376 e. The second kappa shape index (κ2) is 8.82. The van der Waals surface area contributed by atoms with Crippen LogP contribution in [0.4, 0.5) is 11.6 Å². The average Bonchev–Trinajstić information content (AvgIpc) is 2.53. The van der Waals surface area contributed by atoms with Gasteiger partial charge in [-0.15, -0.1) is 0 Å². The molecular formula is C16H28N4O. The van der Waals surface area contributed by atoms with Crippen LogP contribution in [0.25, 0.3) is 0 Å². The molecule has 0 aromatic carbocycles. The Labute approximate surface area is 127 Å². The molecule has 0 radical (unpaired) electrons. The second-order valence-corrected chi connectivity index (χ2v) is 5.61. The maximum Gasteiger partial charge on any atom is 0.133 e. The fourth-order valence-electron chi connectivity index (χ4n) is 2.69. The van der Waals surface area contributed by atoms with E-state index in [1.807, 2.05) is 13.1 Å². The molecule has 2 N–H and O–H groups in total. The summed E-state index contributed by atoms with van der Waals surface area (Å²) in [5.41, 5.74) is 0. The molecule has 0 spiro atoms. The molecule has 0 bridgehead atoms. The molecule has 1 aliphatic rings. The zero-order valence-electron chi connectivity index (χ0n) is 13.3. The minimum absolute atomic E-state index is 0.467. The van der Waals surface area contributed by atoms with Gasteiger partial charge in [0.25, 0.3) is 0 Å². The Hall–Kier alpha value is -1.36. The summed E-state index contributed by atoms with van der Waals surface area (Å²) in [4.78, 5) is 8.99. The van der Waals surface area contributed by atoms with Crippen LogP contribution in [0, 0.1) is 0 Å². The lowest BCUT2D eigenvalue weighted by atomic mass is 9.98. The number of rotatable bonds is 8. The third-order valence-corrected chi connectivity index (χ3v) is 3.82. The summed E-state index contributed by atoms with van der Waals surface area (Å²) in [6.07, 6.45) is 8.86. The summed E-state index contributed by atoms with van der Waals surface area (Å²) in [6.45, 7) is 3.68. The quantitative estimate of drug-likeness (QED) is 0.720. The Morgan fingerprint density at radius 3 is 2.67 bits per heavy atom. The number of aromatic nitrogens is 2. The Balaban J connectivity index is 1.77. The van der Waals surface area contributed by atoms with Crippen molar-refractivity contribution in [1.29, 1.82) is 0 Å². The molecule has 5 nitrogen and oxygen atoms in total. The van der Waals surface area contributed by atoms with Crippen LogP contribution < -0.4 is 10.6 Å². The number of nitrogens with zero attached hydrogens (tertiary/aromatic N) is 2. The van der Waals surface area contributed by atoms with Gasteiger partial charge in [0.1, 0.15) is 17.5 Å². The average molecular weight is 292 g/mol. The van der Waals surface area contributed by atoms with Gasteiger partial charge in [-0.05, 0) is 19.3 Å². The minimum atomic E-state index is 0.467. The molecule has 5 heteroatoms. The fraction of sp³-hybridized carbons (Fsp3) is 0.750. The highest BCUT2D eigenvalue weighted by Crippen LogP contribution is 2.20. The summed E-state index contributed by atoms with van der Waals surface area (Å²) in [6, 6.07) is 1.94. The predicted octanol–water partition coefficient (Wildman–Crippen LogP) is 3.23. The molecule has 0 atom stereocenters. The Bertz CT molecular complexity index is 419. The number of hydrogen-bond acceptors (Lipinski definition) is 5. The van der Waals surface area contributed by atoms with Crippen molar-refractivity contribution >= 4 is 11.6 Å². The van der Waals surface area contributed by atoms with Gasteiger partial charge in [0.2, 0.25) is 0 Å². The highest BCUT2D eigenvalue weighted by atomic mass is 16.5. The maximum atomic E-state index is 5.92. The van der Waals surface area contributed by atoms with E-state index in [4.69, 9.17) is 4.74 Å². The van der Waals surface area contributed by atoms with E-state index in [2.05, 4.69) is 27.5 Å². The maximum absolute atomic E-state index is 5.92. The first-order valence-electron chi connectivity index (χ1n) is 8.23. The van der Waals surface area contributed by atoms with Crippen molar-refractivity contribution in [2.24, 2.45) is 0 Å². The normalized spacial score (nSPS) is 15.9. The highest BCUT2D eigenvalue weighted by Gasteiger charge is 2.13. The molecule has 1 saturated carbocycles. The van der Waals surface area contributed by atoms with E-state index >= 15 is 0 Å². The lowest BCUT2D eigenvalue weighted by molar-refractivity contribution is 0.0347. The van der Waals surface area contributed by atoms with Crippen molar-refractivity contribution in [2.75, 3.05) is 30.8 Å². The molecule has 2 rings (SSSR count). The number of nitrogens with one attached hydrogen (secondary N) is 2. The molecule has 0 unspecified atom stereocenters. The summed E-state index contributed by atoms with van der Waals surface area (Å²) >= 11 is 0. The van der Waals surface area contributed by atoms with E-state index in [-0.39, 0.29) is 0 Å². The molecule has 1 aromatic rings. The van der Waals surface area contributed by atoms with Crippen molar-refractivity contribution in [3.05, 3.63) is 11.9 Å². The van der Waals surface area contributed by atoms with Gasteiger partial charge in [0.05, 0.1) is 12.7 Å². The smallest absolute Gasteiger partial charge is 0.133 e. The van der Waals surface area contributed by atoms with Gasteiger partial charge in [-0.1, -0.05) is 26.2 Å². The zero-order chi connectivity index (χ0) is 14.9. The molecule has 1 heterocycles. The summed E-state index contributed by atoms with van der Waals surface area (Å²) < 4.78 is 5.92. The number of aryl methyl sites for hydroxylation is 1. The number of hydrogen-bond donors (Lipinski definition) is 2. The van der Waals surface area contributed by atoms with Crippen molar-refractivity contribution in [1.82, 2.24) is 9.97 Å². The van der Waals surface area contributed by atoms with Gasteiger partial charge in [-0.25, -0.2) is 9.97 Å². The van der Waals surface area contributed by atoms with Crippen molar-refractivity contribution in [3.8, 4) is 0 Å². The fourth-order valence-corrected chi connectivity index (χ4v) is 2.69. The van der Waals surface area contributed by atoms with Gasteiger partial charge in [-0.3, -0.25) is 0 Å².